The van der Waals surface area contributed by atoms with Crippen LogP contribution in [-0.4, -0.2) is 11.9 Å². The second-order valence-corrected chi connectivity index (χ2v) is 4.34. The summed E-state index contributed by atoms with van der Waals surface area (Å²) in [6, 6.07) is 5.37. The summed E-state index contributed by atoms with van der Waals surface area (Å²) in [4.78, 5) is 0.722. The average Bonchev–Trinajstić information content (AvgIpc) is 2.10. The van der Waals surface area contributed by atoms with Crippen molar-refractivity contribution in [3.05, 3.63) is 23.8 Å². The van der Waals surface area contributed by atoms with Crippen LogP contribution in [0.1, 0.15) is 12.0 Å². The highest BCUT2D eigenvalue weighted by Crippen LogP contribution is 2.30. The van der Waals surface area contributed by atoms with E-state index in [0.29, 0.717) is 5.69 Å². The molecule has 1 aromatic carbocycles. The summed E-state index contributed by atoms with van der Waals surface area (Å²) in [6.45, 7) is 1.84. The Morgan fingerprint density at radius 1 is 1.33 bits per heavy atom. The fraction of sp³-hybridized carbons (Fsp3) is 0.400. The molecule has 1 aromatic rings. The highest BCUT2D eigenvalue weighted by Gasteiger charge is 2.26. The van der Waals surface area contributed by atoms with Crippen molar-refractivity contribution in [2.75, 3.05) is 11.5 Å². The smallest absolute Gasteiger partial charge is 0.389 e. The number of halogens is 3. The Balaban J connectivity index is 2.55. The number of anilines is 1. The third-order valence-corrected chi connectivity index (χ3v) is 3.00. The molecular formula is C10H12F3NS. The van der Waals surface area contributed by atoms with Crippen LogP contribution in [0.15, 0.2) is 23.1 Å². The molecule has 0 bridgehead atoms. The third kappa shape index (κ3) is 4.03. The van der Waals surface area contributed by atoms with E-state index in [4.69, 9.17) is 5.73 Å². The molecule has 0 amide bonds. The Kier molecular flexibility index (Phi) is 3.90. The molecular weight excluding hydrogens is 223 g/mol. The summed E-state index contributed by atoms with van der Waals surface area (Å²) >= 11 is 1.14. The van der Waals surface area contributed by atoms with Crippen LogP contribution >= 0.6 is 11.8 Å². The standard InChI is InChI=1S/C10H12F3NS/c1-7-3-2-4-8(9(7)14)15-6-5-10(11,12)13/h2-4H,5-6,14H2,1H3. The van der Waals surface area contributed by atoms with Crippen LogP contribution in [0, 0.1) is 6.92 Å². The lowest BCUT2D eigenvalue weighted by Gasteiger charge is -2.09. The molecule has 0 heterocycles. The van der Waals surface area contributed by atoms with E-state index >= 15 is 0 Å². The van der Waals surface area contributed by atoms with Gasteiger partial charge in [0.05, 0.1) is 6.42 Å². The van der Waals surface area contributed by atoms with Gasteiger partial charge < -0.3 is 5.73 Å². The molecule has 0 saturated heterocycles. The number of para-hydroxylation sites is 1. The summed E-state index contributed by atoms with van der Waals surface area (Å²) in [5.41, 5.74) is 7.20. The van der Waals surface area contributed by atoms with Gasteiger partial charge in [-0.3, -0.25) is 0 Å². The minimum atomic E-state index is -4.09. The van der Waals surface area contributed by atoms with Gasteiger partial charge in [0.1, 0.15) is 0 Å². The molecule has 5 heteroatoms. The van der Waals surface area contributed by atoms with Crippen molar-refractivity contribution in [1.82, 2.24) is 0 Å². The number of benzene rings is 1. The molecule has 0 atom stereocenters. The van der Waals surface area contributed by atoms with E-state index in [2.05, 4.69) is 0 Å². The zero-order chi connectivity index (χ0) is 11.5. The van der Waals surface area contributed by atoms with Crippen molar-refractivity contribution in [2.45, 2.75) is 24.4 Å². The van der Waals surface area contributed by atoms with Gasteiger partial charge in [-0.1, -0.05) is 12.1 Å². The minimum Gasteiger partial charge on any atom is -0.398 e. The van der Waals surface area contributed by atoms with Gasteiger partial charge >= 0.3 is 6.18 Å². The molecule has 84 valence electrons. The average molecular weight is 235 g/mol. The predicted octanol–water partition coefficient (Wildman–Crippen LogP) is 3.62. The van der Waals surface area contributed by atoms with Gasteiger partial charge in [-0.25, -0.2) is 0 Å². The molecule has 0 spiro atoms. The summed E-state index contributed by atoms with van der Waals surface area (Å²) < 4.78 is 35.7. The molecule has 0 aliphatic carbocycles. The maximum Gasteiger partial charge on any atom is 0.389 e. The van der Waals surface area contributed by atoms with Gasteiger partial charge in [0.15, 0.2) is 0 Å². The largest absolute Gasteiger partial charge is 0.398 e. The van der Waals surface area contributed by atoms with E-state index in [1.807, 2.05) is 13.0 Å². The van der Waals surface area contributed by atoms with Gasteiger partial charge in [-0.15, -0.1) is 11.8 Å². The highest BCUT2D eigenvalue weighted by molar-refractivity contribution is 7.99. The topological polar surface area (TPSA) is 26.0 Å². The van der Waals surface area contributed by atoms with Crippen LogP contribution in [0.5, 0.6) is 0 Å². The third-order valence-electron chi connectivity index (χ3n) is 1.93. The van der Waals surface area contributed by atoms with Crippen LogP contribution in [0.25, 0.3) is 0 Å². The van der Waals surface area contributed by atoms with E-state index in [-0.39, 0.29) is 5.75 Å². The lowest BCUT2D eigenvalue weighted by Crippen LogP contribution is -2.08. The Morgan fingerprint density at radius 3 is 2.60 bits per heavy atom. The first-order valence-electron chi connectivity index (χ1n) is 4.45. The van der Waals surface area contributed by atoms with Gasteiger partial charge in [0.25, 0.3) is 0 Å². The van der Waals surface area contributed by atoms with Crippen molar-refractivity contribution in [3.63, 3.8) is 0 Å². The Bertz CT molecular complexity index is 336. The first-order chi connectivity index (χ1) is 6.90. The van der Waals surface area contributed by atoms with Gasteiger partial charge in [0.2, 0.25) is 0 Å². The van der Waals surface area contributed by atoms with Crippen molar-refractivity contribution in [3.8, 4) is 0 Å². The Morgan fingerprint density at radius 2 is 2.00 bits per heavy atom. The summed E-state index contributed by atoms with van der Waals surface area (Å²) in [7, 11) is 0. The van der Waals surface area contributed by atoms with E-state index < -0.39 is 12.6 Å². The van der Waals surface area contributed by atoms with Crippen molar-refractivity contribution in [2.24, 2.45) is 0 Å². The molecule has 2 N–H and O–H groups in total. The van der Waals surface area contributed by atoms with Gasteiger partial charge in [0, 0.05) is 16.3 Å². The molecule has 0 fully saturated rings. The summed E-state index contributed by atoms with van der Waals surface area (Å²) in [6.07, 6.45) is -4.88. The first kappa shape index (κ1) is 12.2. The number of alkyl halides is 3. The summed E-state index contributed by atoms with van der Waals surface area (Å²) in [5.74, 6) is 0.0111. The minimum absolute atomic E-state index is 0.0111. The zero-order valence-electron chi connectivity index (χ0n) is 8.27. The number of rotatable bonds is 3. The predicted molar refractivity (Wildman–Crippen MR) is 57.0 cm³/mol. The normalized spacial score (nSPS) is 11.7. The van der Waals surface area contributed by atoms with Crippen LogP contribution in [0.4, 0.5) is 18.9 Å². The van der Waals surface area contributed by atoms with E-state index in [1.165, 1.54) is 0 Å². The fourth-order valence-corrected chi connectivity index (χ4v) is 2.10. The van der Waals surface area contributed by atoms with Crippen LogP contribution in [0.3, 0.4) is 0 Å². The SMILES string of the molecule is Cc1cccc(SCCC(F)(F)F)c1N. The maximum atomic E-state index is 11.9. The fourth-order valence-electron chi connectivity index (χ4n) is 1.06. The Labute approximate surface area is 90.9 Å². The number of nitrogens with two attached hydrogens (primary N) is 1. The number of thioether (sulfide) groups is 1. The molecule has 0 aliphatic heterocycles. The quantitative estimate of drug-likeness (QED) is 0.639. The van der Waals surface area contributed by atoms with Gasteiger partial charge in [-0.2, -0.15) is 13.2 Å². The molecule has 0 aliphatic rings. The van der Waals surface area contributed by atoms with Crippen LogP contribution < -0.4 is 5.73 Å². The molecule has 0 saturated carbocycles. The highest BCUT2D eigenvalue weighted by atomic mass is 32.2. The molecule has 0 unspecified atom stereocenters. The molecule has 1 rings (SSSR count). The first-order valence-corrected chi connectivity index (χ1v) is 5.43. The second-order valence-electron chi connectivity index (χ2n) is 3.20. The van der Waals surface area contributed by atoms with Crippen LogP contribution in [0.2, 0.25) is 0 Å². The van der Waals surface area contributed by atoms with E-state index in [1.54, 1.807) is 12.1 Å². The van der Waals surface area contributed by atoms with Gasteiger partial charge in [-0.05, 0) is 18.6 Å². The molecule has 0 radical (unpaired) electrons. The number of hydrogen-bond donors (Lipinski definition) is 1. The maximum absolute atomic E-state index is 11.9. The van der Waals surface area contributed by atoms with Crippen LogP contribution in [-0.2, 0) is 0 Å². The number of hydrogen-bond acceptors (Lipinski definition) is 2. The Hall–Kier alpha value is -0.840. The number of nitrogen functional groups attached to an aromatic ring is 1. The molecule has 15 heavy (non-hydrogen) atoms. The second kappa shape index (κ2) is 4.79. The van der Waals surface area contributed by atoms with E-state index in [9.17, 15) is 13.2 Å². The summed E-state index contributed by atoms with van der Waals surface area (Å²) in [5, 5.41) is 0. The van der Waals surface area contributed by atoms with Crippen molar-refractivity contribution < 1.29 is 13.2 Å². The van der Waals surface area contributed by atoms with Crippen molar-refractivity contribution >= 4 is 17.4 Å². The zero-order valence-corrected chi connectivity index (χ0v) is 9.08. The molecule has 1 nitrogen and oxygen atoms in total. The number of aryl methyl sites for hydroxylation is 1. The molecule has 0 aromatic heterocycles. The lowest BCUT2D eigenvalue weighted by molar-refractivity contribution is -0.129. The monoisotopic (exact) mass is 235 g/mol. The van der Waals surface area contributed by atoms with Crippen molar-refractivity contribution in [1.29, 1.82) is 0 Å². The van der Waals surface area contributed by atoms with E-state index in [0.717, 1.165) is 22.2 Å². The lowest BCUT2D eigenvalue weighted by atomic mass is 10.2.